The summed E-state index contributed by atoms with van der Waals surface area (Å²) in [6.45, 7) is 5.34. The zero-order valence-electron chi connectivity index (χ0n) is 13.8. The topological polar surface area (TPSA) is 84.2 Å². The number of amides is 1. The fraction of sp³-hybridized carbons (Fsp3) is 0.353. The standard InChI is InChI=1S/C17H20FN3O3/c1-4-10(2)15(17(23)24)20-16(22)14-9-19-21(11(14)3)13-7-5-12(18)6-8-13/h5-10,15H,4H2,1-3H3,(H,20,22)(H,23,24)/t10-,15-/m0/s1. The number of nitrogens with zero attached hydrogens (tertiary/aromatic N) is 2. The van der Waals surface area contributed by atoms with Gasteiger partial charge in [-0.05, 0) is 37.1 Å². The van der Waals surface area contributed by atoms with Crippen molar-refractivity contribution in [1.82, 2.24) is 15.1 Å². The van der Waals surface area contributed by atoms with Gasteiger partial charge in [-0.3, -0.25) is 4.79 Å². The number of hydrogen-bond acceptors (Lipinski definition) is 3. The van der Waals surface area contributed by atoms with E-state index in [4.69, 9.17) is 0 Å². The van der Waals surface area contributed by atoms with Crippen molar-refractivity contribution in [1.29, 1.82) is 0 Å². The van der Waals surface area contributed by atoms with Crippen molar-refractivity contribution in [2.24, 2.45) is 5.92 Å². The maximum atomic E-state index is 13.0. The first kappa shape index (κ1) is 17.7. The van der Waals surface area contributed by atoms with Gasteiger partial charge in [0.1, 0.15) is 11.9 Å². The van der Waals surface area contributed by atoms with Crippen molar-refractivity contribution in [2.75, 3.05) is 0 Å². The highest BCUT2D eigenvalue weighted by molar-refractivity contribution is 5.97. The van der Waals surface area contributed by atoms with Gasteiger partial charge in [-0.15, -0.1) is 0 Å². The van der Waals surface area contributed by atoms with Crippen LogP contribution >= 0.6 is 0 Å². The summed E-state index contributed by atoms with van der Waals surface area (Å²) >= 11 is 0. The molecule has 1 aromatic heterocycles. The number of carbonyl (C=O) groups is 2. The summed E-state index contributed by atoms with van der Waals surface area (Å²) in [5, 5.41) is 16.0. The third-order valence-electron chi connectivity index (χ3n) is 4.09. The van der Waals surface area contributed by atoms with Gasteiger partial charge in [0, 0.05) is 0 Å². The minimum absolute atomic E-state index is 0.195. The van der Waals surface area contributed by atoms with E-state index in [0.29, 0.717) is 17.8 Å². The SMILES string of the molecule is CC[C@H](C)[C@H](NC(=O)c1cnn(-c2ccc(F)cc2)c1C)C(=O)O. The van der Waals surface area contributed by atoms with Crippen LogP contribution in [0.5, 0.6) is 0 Å². The van der Waals surface area contributed by atoms with E-state index in [-0.39, 0.29) is 17.3 Å². The maximum absolute atomic E-state index is 13.0. The van der Waals surface area contributed by atoms with Crippen LogP contribution in [0.3, 0.4) is 0 Å². The Morgan fingerprint density at radius 3 is 2.50 bits per heavy atom. The molecule has 0 aliphatic heterocycles. The van der Waals surface area contributed by atoms with Crippen LogP contribution in [0.25, 0.3) is 5.69 Å². The second kappa shape index (κ2) is 7.25. The number of benzene rings is 1. The number of aliphatic carboxylic acids is 1. The predicted molar refractivity (Wildman–Crippen MR) is 86.6 cm³/mol. The van der Waals surface area contributed by atoms with Gasteiger partial charge in [-0.25, -0.2) is 13.9 Å². The van der Waals surface area contributed by atoms with E-state index >= 15 is 0 Å². The molecule has 0 saturated heterocycles. The molecule has 7 heteroatoms. The molecule has 1 heterocycles. The summed E-state index contributed by atoms with van der Waals surface area (Å²) in [6, 6.07) is 4.75. The van der Waals surface area contributed by atoms with Crippen LogP contribution in [0, 0.1) is 18.7 Å². The van der Waals surface area contributed by atoms with E-state index in [9.17, 15) is 19.1 Å². The first-order valence-electron chi connectivity index (χ1n) is 7.69. The lowest BCUT2D eigenvalue weighted by atomic mass is 9.99. The molecule has 0 radical (unpaired) electrons. The van der Waals surface area contributed by atoms with E-state index in [0.717, 1.165) is 0 Å². The summed E-state index contributed by atoms with van der Waals surface area (Å²) in [5.74, 6) is -2.12. The van der Waals surface area contributed by atoms with E-state index in [2.05, 4.69) is 10.4 Å². The Morgan fingerprint density at radius 2 is 1.96 bits per heavy atom. The number of carbonyl (C=O) groups excluding carboxylic acids is 1. The second-order valence-corrected chi connectivity index (χ2v) is 5.71. The highest BCUT2D eigenvalue weighted by atomic mass is 19.1. The summed E-state index contributed by atoms with van der Waals surface area (Å²) in [6.07, 6.45) is 2.01. The molecule has 0 fully saturated rings. The Labute approximate surface area is 139 Å². The fourth-order valence-electron chi connectivity index (χ4n) is 2.38. The Bertz CT molecular complexity index is 740. The Balaban J connectivity index is 2.25. The van der Waals surface area contributed by atoms with Gasteiger partial charge in [-0.2, -0.15) is 5.10 Å². The highest BCUT2D eigenvalue weighted by Gasteiger charge is 2.27. The summed E-state index contributed by atoms with van der Waals surface area (Å²) in [7, 11) is 0. The molecule has 1 amide bonds. The Kier molecular flexibility index (Phi) is 5.33. The van der Waals surface area contributed by atoms with E-state index < -0.39 is 17.9 Å². The molecule has 0 saturated carbocycles. The van der Waals surface area contributed by atoms with Crippen molar-refractivity contribution >= 4 is 11.9 Å². The molecular weight excluding hydrogens is 313 g/mol. The van der Waals surface area contributed by atoms with E-state index in [1.54, 1.807) is 26.0 Å². The van der Waals surface area contributed by atoms with E-state index in [1.165, 1.54) is 23.0 Å². The number of carboxylic acid groups (broad SMARTS) is 1. The number of aromatic nitrogens is 2. The molecule has 0 bridgehead atoms. The third kappa shape index (κ3) is 3.61. The number of hydrogen-bond donors (Lipinski definition) is 2. The number of halogens is 1. The van der Waals surface area contributed by atoms with Gasteiger partial charge in [0.05, 0.1) is 23.1 Å². The molecule has 2 rings (SSSR count). The first-order valence-corrected chi connectivity index (χ1v) is 7.69. The van der Waals surface area contributed by atoms with Crippen LogP contribution < -0.4 is 5.32 Å². The molecule has 2 atom stereocenters. The van der Waals surface area contributed by atoms with Crippen LogP contribution in [0.2, 0.25) is 0 Å². The lowest BCUT2D eigenvalue weighted by Crippen LogP contribution is -2.45. The molecule has 0 unspecified atom stereocenters. The predicted octanol–water partition coefficient (Wildman–Crippen LogP) is 2.55. The minimum atomic E-state index is -1.07. The largest absolute Gasteiger partial charge is 0.480 e. The summed E-state index contributed by atoms with van der Waals surface area (Å²) < 4.78 is 14.5. The van der Waals surface area contributed by atoms with Gasteiger partial charge in [-0.1, -0.05) is 20.3 Å². The van der Waals surface area contributed by atoms with Gasteiger partial charge >= 0.3 is 5.97 Å². The molecule has 1 aromatic carbocycles. The third-order valence-corrected chi connectivity index (χ3v) is 4.09. The average molecular weight is 333 g/mol. The Hall–Kier alpha value is -2.70. The fourth-order valence-corrected chi connectivity index (χ4v) is 2.38. The first-order chi connectivity index (χ1) is 11.3. The molecule has 0 aliphatic rings. The molecule has 128 valence electrons. The van der Waals surface area contributed by atoms with Crippen LogP contribution in [-0.4, -0.2) is 32.8 Å². The minimum Gasteiger partial charge on any atom is -0.480 e. The van der Waals surface area contributed by atoms with Gasteiger partial charge in [0.25, 0.3) is 5.91 Å². The molecule has 2 aromatic rings. The monoisotopic (exact) mass is 333 g/mol. The van der Waals surface area contributed by atoms with Crippen molar-refractivity contribution in [3.8, 4) is 5.69 Å². The number of carboxylic acids is 1. The average Bonchev–Trinajstić information content (AvgIpc) is 2.94. The maximum Gasteiger partial charge on any atom is 0.326 e. The molecule has 6 nitrogen and oxygen atoms in total. The molecule has 2 N–H and O–H groups in total. The highest BCUT2D eigenvalue weighted by Crippen LogP contribution is 2.16. The van der Waals surface area contributed by atoms with E-state index in [1.807, 2.05) is 6.92 Å². The normalized spacial score (nSPS) is 13.3. The molecule has 0 aliphatic carbocycles. The van der Waals surface area contributed by atoms with Crippen LogP contribution in [0.4, 0.5) is 4.39 Å². The quantitative estimate of drug-likeness (QED) is 0.851. The zero-order chi connectivity index (χ0) is 17.9. The summed E-state index contributed by atoms with van der Waals surface area (Å²) in [5.41, 5.74) is 1.45. The lowest BCUT2D eigenvalue weighted by molar-refractivity contribution is -0.140. The van der Waals surface area contributed by atoms with Crippen molar-refractivity contribution < 1.29 is 19.1 Å². The van der Waals surface area contributed by atoms with Gasteiger partial charge in [0.2, 0.25) is 0 Å². The van der Waals surface area contributed by atoms with Gasteiger partial charge in [0.15, 0.2) is 0 Å². The van der Waals surface area contributed by atoms with Gasteiger partial charge < -0.3 is 10.4 Å². The van der Waals surface area contributed by atoms with Crippen LogP contribution in [-0.2, 0) is 4.79 Å². The summed E-state index contributed by atoms with van der Waals surface area (Å²) in [4.78, 5) is 23.8. The smallest absolute Gasteiger partial charge is 0.326 e. The number of nitrogens with one attached hydrogen (secondary N) is 1. The van der Waals surface area contributed by atoms with Crippen LogP contribution in [0.15, 0.2) is 30.5 Å². The van der Waals surface area contributed by atoms with Crippen molar-refractivity contribution in [3.63, 3.8) is 0 Å². The lowest BCUT2D eigenvalue weighted by Gasteiger charge is -2.20. The van der Waals surface area contributed by atoms with Crippen LogP contribution in [0.1, 0.15) is 36.3 Å². The molecular formula is C17H20FN3O3. The number of rotatable bonds is 6. The zero-order valence-corrected chi connectivity index (χ0v) is 13.8. The Morgan fingerprint density at radius 1 is 1.33 bits per heavy atom. The molecule has 24 heavy (non-hydrogen) atoms. The van der Waals surface area contributed by atoms with Crippen molar-refractivity contribution in [2.45, 2.75) is 33.2 Å². The van der Waals surface area contributed by atoms with Crippen molar-refractivity contribution in [3.05, 3.63) is 47.5 Å². The molecule has 0 spiro atoms. The second-order valence-electron chi connectivity index (χ2n) is 5.71.